The number of piperidine rings is 1. The Labute approximate surface area is 153 Å². The van der Waals surface area contributed by atoms with Crippen LogP contribution in [0.4, 0.5) is 0 Å². The number of thioether (sulfide) groups is 1. The molecule has 25 heavy (non-hydrogen) atoms. The SMILES string of the molecule is CNC(=O)[C@H]1CCCN(Cc2nc(-c3ccc(SC)cc3)oc2C)C1. The van der Waals surface area contributed by atoms with Gasteiger partial charge in [0.15, 0.2) is 0 Å². The van der Waals surface area contributed by atoms with Crippen LogP contribution in [0.3, 0.4) is 0 Å². The van der Waals surface area contributed by atoms with Gasteiger partial charge in [0.05, 0.1) is 11.6 Å². The van der Waals surface area contributed by atoms with Crippen molar-refractivity contribution in [1.29, 1.82) is 0 Å². The number of hydrogen-bond donors (Lipinski definition) is 1. The van der Waals surface area contributed by atoms with E-state index in [1.807, 2.05) is 19.1 Å². The van der Waals surface area contributed by atoms with Gasteiger partial charge in [-0.1, -0.05) is 0 Å². The number of nitrogens with one attached hydrogen (secondary N) is 1. The van der Waals surface area contributed by atoms with Crippen LogP contribution >= 0.6 is 11.8 Å². The molecule has 2 heterocycles. The predicted octanol–water partition coefficient (Wildman–Crippen LogP) is 3.33. The highest BCUT2D eigenvalue weighted by Gasteiger charge is 2.26. The lowest BCUT2D eigenvalue weighted by Gasteiger charge is -2.31. The van der Waals surface area contributed by atoms with Crippen LogP contribution in [0, 0.1) is 12.8 Å². The van der Waals surface area contributed by atoms with Crippen molar-refractivity contribution in [1.82, 2.24) is 15.2 Å². The first-order valence-corrected chi connectivity index (χ1v) is 9.88. The molecule has 1 N–H and O–H groups in total. The number of aryl methyl sites for hydroxylation is 1. The van der Waals surface area contributed by atoms with Crippen molar-refractivity contribution in [3.05, 3.63) is 35.7 Å². The van der Waals surface area contributed by atoms with Crippen LogP contribution in [0.2, 0.25) is 0 Å². The lowest BCUT2D eigenvalue weighted by Crippen LogP contribution is -2.41. The van der Waals surface area contributed by atoms with E-state index in [0.29, 0.717) is 5.89 Å². The van der Waals surface area contributed by atoms with Crippen molar-refractivity contribution in [2.75, 3.05) is 26.4 Å². The number of benzene rings is 1. The second-order valence-electron chi connectivity index (χ2n) is 6.44. The number of rotatable bonds is 5. The highest BCUT2D eigenvalue weighted by atomic mass is 32.2. The van der Waals surface area contributed by atoms with E-state index >= 15 is 0 Å². The third kappa shape index (κ3) is 4.25. The molecule has 0 unspecified atom stereocenters. The summed E-state index contributed by atoms with van der Waals surface area (Å²) in [5.74, 6) is 1.73. The maximum absolute atomic E-state index is 11.9. The number of amides is 1. The van der Waals surface area contributed by atoms with Gasteiger partial charge in [-0.25, -0.2) is 4.98 Å². The first kappa shape index (κ1) is 18.0. The summed E-state index contributed by atoms with van der Waals surface area (Å²) in [5, 5.41) is 2.76. The number of carbonyl (C=O) groups is 1. The molecule has 1 aromatic carbocycles. The van der Waals surface area contributed by atoms with Crippen LogP contribution in [-0.4, -0.2) is 42.2 Å². The van der Waals surface area contributed by atoms with Crippen LogP contribution in [-0.2, 0) is 11.3 Å². The topological polar surface area (TPSA) is 58.4 Å². The molecule has 1 aliphatic heterocycles. The van der Waals surface area contributed by atoms with Gasteiger partial charge in [0.2, 0.25) is 11.8 Å². The van der Waals surface area contributed by atoms with Gasteiger partial charge in [-0.05, 0) is 56.8 Å². The van der Waals surface area contributed by atoms with E-state index in [2.05, 4.69) is 28.6 Å². The molecule has 1 fully saturated rings. The highest BCUT2D eigenvalue weighted by molar-refractivity contribution is 7.98. The fourth-order valence-electron chi connectivity index (χ4n) is 3.26. The molecule has 1 aliphatic rings. The summed E-state index contributed by atoms with van der Waals surface area (Å²) < 4.78 is 5.89. The first-order chi connectivity index (χ1) is 12.1. The Kier molecular flexibility index (Phi) is 5.81. The lowest BCUT2D eigenvalue weighted by atomic mass is 9.97. The average Bonchev–Trinajstić information content (AvgIpc) is 3.02. The fraction of sp³-hybridized carbons (Fsp3) is 0.474. The normalized spacial score (nSPS) is 18.3. The number of hydrogen-bond acceptors (Lipinski definition) is 5. The van der Waals surface area contributed by atoms with E-state index in [9.17, 15) is 4.79 Å². The van der Waals surface area contributed by atoms with Gasteiger partial charge >= 0.3 is 0 Å². The molecular formula is C19H25N3O2S. The van der Waals surface area contributed by atoms with E-state index in [1.165, 1.54) is 4.90 Å². The molecule has 1 amide bonds. The summed E-state index contributed by atoms with van der Waals surface area (Å²) >= 11 is 1.72. The van der Waals surface area contributed by atoms with Crippen LogP contribution in [0.25, 0.3) is 11.5 Å². The Bertz CT molecular complexity index is 727. The number of oxazole rings is 1. The zero-order valence-electron chi connectivity index (χ0n) is 15.0. The van der Waals surface area contributed by atoms with Gasteiger partial charge in [-0.2, -0.15) is 0 Å². The van der Waals surface area contributed by atoms with Crippen LogP contribution in [0.15, 0.2) is 33.6 Å². The largest absolute Gasteiger partial charge is 0.441 e. The van der Waals surface area contributed by atoms with E-state index in [1.54, 1.807) is 18.8 Å². The molecule has 0 saturated carbocycles. The van der Waals surface area contributed by atoms with E-state index in [4.69, 9.17) is 9.40 Å². The van der Waals surface area contributed by atoms with Gasteiger partial charge in [-0.3, -0.25) is 9.69 Å². The smallest absolute Gasteiger partial charge is 0.226 e. The zero-order valence-corrected chi connectivity index (χ0v) is 15.9. The summed E-state index contributed by atoms with van der Waals surface area (Å²) in [6.45, 7) is 4.47. The lowest BCUT2D eigenvalue weighted by molar-refractivity contribution is -0.126. The quantitative estimate of drug-likeness (QED) is 0.830. The molecule has 1 atom stereocenters. The summed E-state index contributed by atoms with van der Waals surface area (Å²) in [6, 6.07) is 8.25. The Balaban J connectivity index is 1.70. The maximum Gasteiger partial charge on any atom is 0.226 e. The molecule has 0 radical (unpaired) electrons. The van der Waals surface area contributed by atoms with Crippen LogP contribution in [0.1, 0.15) is 24.3 Å². The molecule has 0 bridgehead atoms. The minimum atomic E-state index is 0.0736. The Morgan fingerprint density at radius 1 is 1.40 bits per heavy atom. The third-order valence-corrected chi connectivity index (χ3v) is 5.47. The molecular weight excluding hydrogens is 334 g/mol. The molecule has 134 valence electrons. The predicted molar refractivity (Wildman–Crippen MR) is 101 cm³/mol. The second kappa shape index (κ2) is 8.06. The molecule has 2 aromatic rings. The Morgan fingerprint density at radius 3 is 2.84 bits per heavy atom. The summed E-state index contributed by atoms with van der Waals surface area (Å²) in [5.41, 5.74) is 1.95. The third-order valence-electron chi connectivity index (χ3n) is 4.73. The standard InChI is InChI=1S/C19H25N3O2S/c1-13-17(12-22-10-4-5-15(11-22)18(23)20-2)21-19(24-13)14-6-8-16(25-3)9-7-14/h6-9,15H,4-5,10-12H2,1-3H3,(H,20,23)/t15-/m0/s1. The van der Waals surface area contributed by atoms with Crippen LogP contribution < -0.4 is 5.32 Å². The molecule has 5 nitrogen and oxygen atoms in total. The Hall–Kier alpha value is -1.79. The summed E-state index contributed by atoms with van der Waals surface area (Å²) in [4.78, 5) is 20.1. The minimum Gasteiger partial charge on any atom is -0.441 e. The summed E-state index contributed by atoms with van der Waals surface area (Å²) in [7, 11) is 1.71. The van der Waals surface area contributed by atoms with Gasteiger partial charge in [-0.15, -0.1) is 11.8 Å². The van der Waals surface area contributed by atoms with Crippen molar-refractivity contribution in [3.63, 3.8) is 0 Å². The highest BCUT2D eigenvalue weighted by Crippen LogP contribution is 2.26. The van der Waals surface area contributed by atoms with Crippen molar-refractivity contribution in [3.8, 4) is 11.5 Å². The number of likely N-dealkylation sites (tertiary alicyclic amines) is 1. The monoisotopic (exact) mass is 359 g/mol. The van der Waals surface area contributed by atoms with E-state index < -0.39 is 0 Å². The molecule has 0 spiro atoms. The molecule has 1 aromatic heterocycles. The maximum atomic E-state index is 11.9. The van der Waals surface area contributed by atoms with Gasteiger partial charge < -0.3 is 9.73 Å². The van der Waals surface area contributed by atoms with Crippen molar-refractivity contribution in [2.45, 2.75) is 31.2 Å². The Morgan fingerprint density at radius 2 is 2.16 bits per heavy atom. The van der Waals surface area contributed by atoms with Crippen molar-refractivity contribution < 1.29 is 9.21 Å². The molecule has 6 heteroatoms. The van der Waals surface area contributed by atoms with Gasteiger partial charge in [0.25, 0.3) is 0 Å². The number of nitrogens with zero attached hydrogens (tertiary/aromatic N) is 2. The zero-order chi connectivity index (χ0) is 17.8. The molecule has 1 saturated heterocycles. The first-order valence-electron chi connectivity index (χ1n) is 8.65. The van der Waals surface area contributed by atoms with Crippen LogP contribution in [0.5, 0.6) is 0 Å². The van der Waals surface area contributed by atoms with Gasteiger partial charge in [0.1, 0.15) is 5.76 Å². The van der Waals surface area contributed by atoms with E-state index in [0.717, 1.165) is 49.5 Å². The van der Waals surface area contributed by atoms with E-state index in [-0.39, 0.29) is 11.8 Å². The molecule has 0 aliphatic carbocycles. The number of aromatic nitrogens is 1. The number of carbonyl (C=O) groups excluding carboxylic acids is 1. The fourth-order valence-corrected chi connectivity index (χ4v) is 3.67. The van der Waals surface area contributed by atoms with Gasteiger partial charge in [0, 0.05) is 30.6 Å². The average molecular weight is 359 g/mol. The van der Waals surface area contributed by atoms with Crippen molar-refractivity contribution >= 4 is 17.7 Å². The summed E-state index contributed by atoms with van der Waals surface area (Å²) in [6.07, 6.45) is 4.06. The van der Waals surface area contributed by atoms with Crippen molar-refractivity contribution in [2.24, 2.45) is 5.92 Å². The minimum absolute atomic E-state index is 0.0736. The second-order valence-corrected chi connectivity index (χ2v) is 7.32. The molecule has 3 rings (SSSR count).